The monoisotopic (exact) mass is 349 g/mol. The molecule has 0 aliphatic heterocycles. The highest BCUT2D eigenvalue weighted by Gasteiger charge is 2.11. The summed E-state index contributed by atoms with van der Waals surface area (Å²) in [4.78, 5) is 8.30. The molecule has 25 heavy (non-hydrogen) atoms. The molecule has 0 radical (unpaired) electrons. The average Bonchev–Trinajstić information content (AvgIpc) is 3.06. The lowest BCUT2D eigenvalue weighted by Crippen LogP contribution is -2.39. The lowest BCUT2D eigenvalue weighted by Gasteiger charge is -2.16. The number of hydrogen-bond acceptors (Lipinski definition) is 2. The van der Waals surface area contributed by atoms with Gasteiger partial charge in [0, 0.05) is 25.5 Å². The summed E-state index contributed by atoms with van der Waals surface area (Å²) in [5, 5.41) is 6.38. The van der Waals surface area contributed by atoms with Gasteiger partial charge in [-0.15, -0.1) is 0 Å². The molecule has 5 nitrogen and oxygen atoms in total. The molecule has 1 aromatic heterocycles. The van der Waals surface area contributed by atoms with Crippen LogP contribution >= 0.6 is 0 Å². The fourth-order valence-electron chi connectivity index (χ4n) is 2.40. The molecule has 2 N–H and O–H groups in total. The fraction of sp³-hybridized carbons (Fsp3) is 0.444. The molecule has 1 atom stereocenters. The number of hydrogen-bond donors (Lipinski definition) is 2. The number of imidazole rings is 1. The minimum atomic E-state index is -2.61. The Kier molecular flexibility index (Phi) is 6.91. The molecule has 1 unspecified atom stereocenters. The van der Waals surface area contributed by atoms with Gasteiger partial charge in [-0.05, 0) is 25.3 Å². The number of nitrogens with zero attached hydrogens (tertiary/aromatic N) is 3. The first-order valence-corrected chi connectivity index (χ1v) is 8.39. The van der Waals surface area contributed by atoms with Crippen LogP contribution in [0.15, 0.2) is 41.7 Å². The summed E-state index contributed by atoms with van der Waals surface area (Å²) < 4.78 is 26.5. The normalized spacial score (nSPS) is 13.1. The zero-order valence-electron chi connectivity index (χ0n) is 14.8. The van der Waals surface area contributed by atoms with Gasteiger partial charge in [-0.3, -0.25) is 4.57 Å². The quantitative estimate of drug-likeness (QED) is 0.595. The number of halogens is 2. The topological polar surface area (TPSA) is 54.2 Å². The highest BCUT2D eigenvalue weighted by Crippen LogP contribution is 2.15. The smallest absolute Gasteiger partial charge is 0.319 e. The predicted molar refractivity (Wildman–Crippen MR) is 95.9 cm³/mol. The van der Waals surface area contributed by atoms with Gasteiger partial charge < -0.3 is 10.6 Å². The Bertz CT molecular complexity index is 679. The summed E-state index contributed by atoms with van der Waals surface area (Å²) in [5.41, 5.74) is 2.47. The minimum absolute atomic E-state index is 0.0889. The SMILES string of the molecule is CCNC(=NCc1nccn1C(F)F)NCC(C)c1ccc(C)cc1. The summed E-state index contributed by atoms with van der Waals surface area (Å²) >= 11 is 0. The van der Waals surface area contributed by atoms with E-state index in [0.717, 1.165) is 4.57 Å². The van der Waals surface area contributed by atoms with Crippen molar-refractivity contribution in [1.82, 2.24) is 20.2 Å². The van der Waals surface area contributed by atoms with Gasteiger partial charge in [0.1, 0.15) is 12.4 Å². The van der Waals surface area contributed by atoms with Gasteiger partial charge in [0.25, 0.3) is 0 Å². The highest BCUT2D eigenvalue weighted by molar-refractivity contribution is 5.79. The van der Waals surface area contributed by atoms with Crippen molar-refractivity contribution >= 4 is 5.96 Å². The molecule has 0 aliphatic carbocycles. The minimum Gasteiger partial charge on any atom is -0.357 e. The van der Waals surface area contributed by atoms with Crippen LogP contribution in [0.1, 0.15) is 43.3 Å². The summed E-state index contributed by atoms with van der Waals surface area (Å²) in [7, 11) is 0. The number of aromatic nitrogens is 2. The molecule has 0 saturated carbocycles. The van der Waals surface area contributed by atoms with E-state index in [9.17, 15) is 8.78 Å². The fourth-order valence-corrected chi connectivity index (χ4v) is 2.40. The molecule has 0 bridgehead atoms. The van der Waals surface area contributed by atoms with Crippen LogP contribution < -0.4 is 10.6 Å². The van der Waals surface area contributed by atoms with Gasteiger partial charge >= 0.3 is 6.55 Å². The third-order valence-electron chi connectivity index (χ3n) is 3.90. The maximum absolute atomic E-state index is 12.8. The molecule has 7 heteroatoms. The molecule has 2 aromatic rings. The van der Waals surface area contributed by atoms with Gasteiger partial charge in [0.15, 0.2) is 5.96 Å². The van der Waals surface area contributed by atoms with Crippen LogP contribution in [-0.2, 0) is 6.54 Å². The first kappa shape index (κ1) is 18.9. The van der Waals surface area contributed by atoms with E-state index in [2.05, 4.69) is 58.7 Å². The summed E-state index contributed by atoms with van der Waals surface area (Å²) in [6.07, 6.45) is 2.62. The summed E-state index contributed by atoms with van der Waals surface area (Å²) in [5.74, 6) is 1.12. The average molecular weight is 349 g/mol. The Morgan fingerprint density at radius 2 is 1.96 bits per heavy atom. The van der Waals surface area contributed by atoms with E-state index in [4.69, 9.17) is 0 Å². The van der Waals surface area contributed by atoms with Crippen LogP contribution in [0.25, 0.3) is 0 Å². The third-order valence-corrected chi connectivity index (χ3v) is 3.90. The molecule has 1 heterocycles. The molecule has 0 aliphatic rings. The number of alkyl halides is 2. The molecular weight excluding hydrogens is 324 g/mol. The number of nitrogens with one attached hydrogen (secondary N) is 2. The van der Waals surface area contributed by atoms with Crippen molar-refractivity contribution < 1.29 is 8.78 Å². The second-order valence-electron chi connectivity index (χ2n) is 5.92. The largest absolute Gasteiger partial charge is 0.357 e. The van der Waals surface area contributed by atoms with Crippen LogP contribution in [0, 0.1) is 6.92 Å². The predicted octanol–water partition coefficient (Wildman–Crippen LogP) is 3.45. The first-order valence-electron chi connectivity index (χ1n) is 8.39. The summed E-state index contributed by atoms with van der Waals surface area (Å²) in [6, 6.07) is 8.42. The van der Waals surface area contributed by atoms with E-state index >= 15 is 0 Å². The van der Waals surface area contributed by atoms with Crippen LogP contribution in [0.2, 0.25) is 0 Å². The molecule has 0 amide bonds. The first-order chi connectivity index (χ1) is 12.0. The van der Waals surface area contributed by atoms with Gasteiger partial charge in [0.05, 0.1) is 0 Å². The number of guanidine groups is 1. The molecular formula is C18H25F2N5. The van der Waals surface area contributed by atoms with E-state index in [1.54, 1.807) is 0 Å². The molecule has 136 valence electrons. The molecule has 0 spiro atoms. The van der Waals surface area contributed by atoms with Gasteiger partial charge in [-0.1, -0.05) is 36.8 Å². The third kappa shape index (κ3) is 5.55. The van der Waals surface area contributed by atoms with Gasteiger partial charge in [-0.25, -0.2) is 9.98 Å². The van der Waals surface area contributed by atoms with Crippen molar-refractivity contribution in [2.75, 3.05) is 13.1 Å². The molecule has 0 saturated heterocycles. The van der Waals surface area contributed by atoms with Crippen LogP contribution in [-0.4, -0.2) is 28.6 Å². The Morgan fingerprint density at radius 1 is 1.24 bits per heavy atom. The van der Waals surface area contributed by atoms with E-state index in [1.165, 1.54) is 23.5 Å². The number of aliphatic imine (C=N–C) groups is 1. The van der Waals surface area contributed by atoms with Crippen molar-refractivity contribution in [1.29, 1.82) is 0 Å². The Hall–Kier alpha value is -2.44. The number of aryl methyl sites for hydroxylation is 1. The van der Waals surface area contributed by atoms with Gasteiger partial charge in [0.2, 0.25) is 0 Å². The standard InChI is InChI=1S/C18H25F2N5/c1-4-21-18(24-12-16-22-9-10-25(16)17(19)20)23-11-14(3)15-7-5-13(2)6-8-15/h5-10,14,17H,4,11-12H2,1-3H3,(H2,21,23,24). The second kappa shape index (κ2) is 9.15. The van der Waals surface area contributed by atoms with Crippen LogP contribution in [0.5, 0.6) is 0 Å². The van der Waals surface area contributed by atoms with E-state index in [0.29, 0.717) is 25.0 Å². The van der Waals surface area contributed by atoms with Crippen molar-refractivity contribution in [2.45, 2.75) is 39.8 Å². The maximum Gasteiger partial charge on any atom is 0.319 e. The Labute approximate surface area is 147 Å². The summed E-state index contributed by atoms with van der Waals surface area (Å²) in [6.45, 7) is 5.01. The molecule has 2 rings (SSSR count). The zero-order chi connectivity index (χ0) is 18.2. The van der Waals surface area contributed by atoms with Crippen molar-refractivity contribution in [3.63, 3.8) is 0 Å². The van der Waals surface area contributed by atoms with E-state index in [-0.39, 0.29) is 12.4 Å². The lowest BCUT2D eigenvalue weighted by molar-refractivity contribution is 0.0671. The zero-order valence-corrected chi connectivity index (χ0v) is 14.8. The van der Waals surface area contributed by atoms with Crippen molar-refractivity contribution in [3.05, 3.63) is 53.6 Å². The van der Waals surface area contributed by atoms with E-state index < -0.39 is 6.55 Å². The lowest BCUT2D eigenvalue weighted by atomic mass is 10.0. The van der Waals surface area contributed by atoms with Crippen LogP contribution in [0.4, 0.5) is 8.78 Å². The van der Waals surface area contributed by atoms with E-state index in [1.807, 2.05) is 6.92 Å². The second-order valence-corrected chi connectivity index (χ2v) is 5.92. The van der Waals surface area contributed by atoms with Crippen LogP contribution in [0.3, 0.4) is 0 Å². The van der Waals surface area contributed by atoms with Crippen molar-refractivity contribution in [2.24, 2.45) is 4.99 Å². The van der Waals surface area contributed by atoms with Gasteiger partial charge in [-0.2, -0.15) is 8.78 Å². The highest BCUT2D eigenvalue weighted by atomic mass is 19.3. The Balaban J connectivity index is 1.97. The van der Waals surface area contributed by atoms with Crippen molar-refractivity contribution in [3.8, 4) is 0 Å². The Morgan fingerprint density at radius 3 is 2.60 bits per heavy atom. The molecule has 0 fully saturated rings. The maximum atomic E-state index is 12.8. The molecule has 1 aromatic carbocycles. The number of rotatable bonds is 7. The number of benzene rings is 1.